The second kappa shape index (κ2) is 5.11. The molecule has 0 aliphatic carbocycles. The lowest BCUT2D eigenvalue weighted by Crippen LogP contribution is -2.49. The van der Waals surface area contributed by atoms with Crippen molar-refractivity contribution in [2.45, 2.75) is 6.92 Å². The van der Waals surface area contributed by atoms with Crippen LogP contribution in [0.4, 0.5) is 4.79 Å². The van der Waals surface area contributed by atoms with Gasteiger partial charge in [0.2, 0.25) is 5.78 Å². The number of nitrogens with two attached hydrogens (primary N) is 1. The van der Waals surface area contributed by atoms with Crippen LogP contribution >= 0.6 is 0 Å². The SMILES string of the molecule is CCOC(N)=O.O=C1CNC1=O. The van der Waals surface area contributed by atoms with Crippen LogP contribution in [0.1, 0.15) is 6.92 Å². The summed E-state index contributed by atoms with van der Waals surface area (Å²) in [6.45, 7) is 2.29. The number of primary amides is 1. The average molecular weight is 174 g/mol. The van der Waals surface area contributed by atoms with E-state index in [0.29, 0.717) is 6.61 Å². The van der Waals surface area contributed by atoms with Crippen molar-refractivity contribution in [3.05, 3.63) is 0 Å². The minimum absolute atomic E-state index is 0.235. The van der Waals surface area contributed by atoms with E-state index in [-0.39, 0.29) is 12.3 Å². The zero-order chi connectivity index (χ0) is 9.56. The van der Waals surface area contributed by atoms with Crippen LogP contribution in [0.5, 0.6) is 0 Å². The summed E-state index contributed by atoms with van der Waals surface area (Å²) in [6, 6.07) is 0. The molecule has 1 saturated heterocycles. The Morgan fingerprint density at radius 3 is 2.17 bits per heavy atom. The number of amides is 2. The lowest BCUT2D eigenvalue weighted by atomic mass is 10.2. The molecule has 0 saturated carbocycles. The van der Waals surface area contributed by atoms with E-state index >= 15 is 0 Å². The molecule has 6 nitrogen and oxygen atoms in total. The Hall–Kier alpha value is -1.59. The van der Waals surface area contributed by atoms with Crippen LogP contribution in [0.15, 0.2) is 0 Å². The number of β-lactam (4-membered cyclic amide) rings is 1. The summed E-state index contributed by atoms with van der Waals surface area (Å²) in [6.07, 6.45) is -0.711. The maximum Gasteiger partial charge on any atom is 0.404 e. The van der Waals surface area contributed by atoms with Crippen LogP contribution < -0.4 is 11.1 Å². The standard InChI is InChI=1S/C3H3NO2.C3H7NO2/c5-2-1-4-3(2)6;1-2-6-3(4)5/h1H2,(H,4,6);2H2,1H3,(H2,4,5). The molecule has 12 heavy (non-hydrogen) atoms. The zero-order valence-corrected chi connectivity index (χ0v) is 6.62. The highest BCUT2D eigenvalue weighted by atomic mass is 16.5. The van der Waals surface area contributed by atoms with Gasteiger partial charge in [0.1, 0.15) is 0 Å². The molecule has 0 aromatic rings. The van der Waals surface area contributed by atoms with Gasteiger partial charge in [0.15, 0.2) is 0 Å². The smallest absolute Gasteiger partial charge is 0.404 e. The van der Waals surface area contributed by atoms with Gasteiger partial charge in [0.05, 0.1) is 13.2 Å². The van der Waals surface area contributed by atoms with Crippen molar-refractivity contribution in [1.82, 2.24) is 5.32 Å². The van der Waals surface area contributed by atoms with E-state index in [4.69, 9.17) is 0 Å². The van der Waals surface area contributed by atoms with E-state index in [0.717, 1.165) is 0 Å². The minimum Gasteiger partial charge on any atom is -0.450 e. The van der Waals surface area contributed by atoms with Gasteiger partial charge in [-0.05, 0) is 6.92 Å². The summed E-state index contributed by atoms with van der Waals surface area (Å²) in [5.74, 6) is -0.759. The van der Waals surface area contributed by atoms with Gasteiger partial charge >= 0.3 is 6.09 Å². The molecule has 1 fully saturated rings. The molecule has 0 aromatic carbocycles. The van der Waals surface area contributed by atoms with Gasteiger partial charge in [0, 0.05) is 0 Å². The van der Waals surface area contributed by atoms with Crippen molar-refractivity contribution in [3.63, 3.8) is 0 Å². The van der Waals surface area contributed by atoms with Crippen LogP contribution in [-0.2, 0) is 14.3 Å². The van der Waals surface area contributed by atoms with Crippen molar-refractivity contribution in [3.8, 4) is 0 Å². The van der Waals surface area contributed by atoms with Gasteiger partial charge in [0.25, 0.3) is 5.91 Å². The van der Waals surface area contributed by atoms with E-state index in [1.54, 1.807) is 6.92 Å². The Balaban J connectivity index is 0.000000202. The Kier molecular flexibility index (Phi) is 4.43. The molecule has 0 spiro atoms. The summed E-state index contributed by atoms with van der Waals surface area (Å²) in [7, 11) is 0. The van der Waals surface area contributed by atoms with Gasteiger partial charge in [-0.25, -0.2) is 4.79 Å². The molecule has 0 bridgehead atoms. The molecule has 68 valence electrons. The first-order chi connectivity index (χ1) is 5.57. The summed E-state index contributed by atoms with van der Waals surface area (Å²) in [5, 5.41) is 2.27. The molecule has 1 heterocycles. The van der Waals surface area contributed by atoms with Crippen LogP contribution in [0.25, 0.3) is 0 Å². The monoisotopic (exact) mass is 174 g/mol. The predicted molar refractivity (Wildman–Crippen MR) is 39.2 cm³/mol. The third-order valence-corrected chi connectivity index (χ3v) is 0.949. The number of hydrogen-bond acceptors (Lipinski definition) is 4. The summed E-state index contributed by atoms with van der Waals surface area (Å²) >= 11 is 0. The van der Waals surface area contributed by atoms with Gasteiger partial charge in [-0.1, -0.05) is 0 Å². The van der Waals surface area contributed by atoms with E-state index in [1.165, 1.54) is 0 Å². The number of ether oxygens (including phenoxy) is 1. The maximum absolute atomic E-state index is 9.82. The highest BCUT2D eigenvalue weighted by Crippen LogP contribution is 1.80. The first-order valence-corrected chi connectivity index (χ1v) is 3.31. The van der Waals surface area contributed by atoms with E-state index in [1.807, 2.05) is 0 Å². The maximum atomic E-state index is 9.82. The fourth-order valence-electron chi connectivity index (χ4n) is 0.375. The summed E-state index contributed by atoms with van der Waals surface area (Å²) < 4.78 is 4.18. The summed E-state index contributed by atoms with van der Waals surface area (Å²) in [4.78, 5) is 29.2. The predicted octanol–water partition coefficient (Wildman–Crippen LogP) is -1.21. The molecule has 0 radical (unpaired) electrons. The van der Waals surface area contributed by atoms with E-state index in [9.17, 15) is 14.4 Å². The molecule has 6 heteroatoms. The zero-order valence-electron chi connectivity index (χ0n) is 6.62. The minimum atomic E-state index is -0.711. The molecular formula is C6H10N2O4. The fraction of sp³-hybridized carbons (Fsp3) is 0.500. The van der Waals surface area contributed by atoms with Gasteiger partial charge in [-0.2, -0.15) is 0 Å². The normalized spacial score (nSPS) is 13.4. The summed E-state index contributed by atoms with van der Waals surface area (Å²) in [5.41, 5.74) is 4.54. The number of rotatable bonds is 1. The highest BCUT2D eigenvalue weighted by Gasteiger charge is 2.22. The molecule has 1 aliphatic heterocycles. The molecule has 2 amide bonds. The fourth-order valence-corrected chi connectivity index (χ4v) is 0.375. The molecule has 1 aliphatic rings. The lowest BCUT2D eigenvalue weighted by molar-refractivity contribution is -0.143. The Morgan fingerprint density at radius 1 is 1.67 bits per heavy atom. The third-order valence-electron chi connectivity index (χ3n) is 0.949. The topological polar surface area (TPSA) is 98.5 Å². The quantitative estimate of drug-likeness (QED) is 0.384. The number of hydrogen-bond donors (Lipinski definition) is 2. The Labute approximate surface area is 69.1 Å². The number of nitrogens with one attached hydrogen (secondary N) is 1. The second-order valence-electron chi connectivity index (χ2n) is 1.86. The number of Topliss-reactive ketones (excluding diaryl/α,β-unsaturated/α-hetero) is 1. The Bertz CT molecular complexity index is 188. The third kappa shape index (κ3) is 4.26. The first kappa shape index (κ1) is 10.4. The number of carbonyl (C=O) groups is 3. The molecule has 0 atom stereocenters. The van der Waals surface area contributed by atoms with Crippen molar-refractivity contribution in [2.24, 2.45) is 5.73 Å². The van der Waals surface area contributed by atoms with Gasteiger partial charge in [-0.15, -0.1) is 0 Å². The largest absolute Gasteiger partial charge is 0.450 e. The first-order valence-electron chi connectivity index (χ1n) is 3.31. The van der Waals surface area contributed by atoms with E-state index < -0.39 is 12.0 Å². The Morgan fingerprint density at radius 2 is 2.17 bits per heavy atom. The molecule has 0 unspecified atom stereocenters. The molecule has 1 rings (SSSR count). The molecular weight excluding hydrogens is 164 g/mol. The molecule has 0 aromatic heterocycles. The van der Waals surface area contributed by atoms with Crippen LogP contribution in [0.2, 0.25) is 0 Å². The van der Waals surface area contributed by atoms with Crippen LogP contribution in [0, 0.1) is 0 Å². The van der Waals surface area contributed by atoms with Crippen LogP contribution in [-0.4, -0.2) is 30.9 Å². The number of ketones is 1. The second-order valence-corrected chi connectivity index (χ2v) is 1.86. The van der Waals surface area contributed by atoms with Crippen molar-refractivity contribution in [1.29, 1.82) is 0 Å². The van der Waals surface area contributed by atoms with Crippen molar-refractivity contribution in [2.75, 3.05) is 13.2 Å². The van der Waals surface area contributed by atoms with Gasteiger partial charge in [-0.3, -0.25) is 9.59 Å². The van der Waals surface area contributed by atoms with Crippen LogP contribution in [0.3, 0.4) is 0 Å². The average Bonchev–Trinajstić information content (AvgIpc) is 2.02. The van der Waals surface area contributed by atoms with Crippen molar-refractivity contribution >= 4 is 17.8 Å². The van der Waals surface area contributed by atoms with Crippen molar-refractivity contribution < 1.29 is 19.1 Å². The molecule has 3 N–H and O–H groups in total. The van der Waals surface area contributed by atoms with Gasteiger partial charge < -0.3 is 15.8 Å². The van der Waals surface area contributed by atoms with E-state index in [2.05, 4.69) is 15.8 Å². The number of carbonyl (C=O) groups excluding carboxylic acids is 3. The lowest BCUT2D eigenvalue weighted by Gasteiger charge is -2.08. The highest BCUT2D eigenvalue weighted by molar-refractivity contribution is 6.43.